The lowest BCUT2D eigenvalue weighted by molar-refractivity contribution is -0.122. The van der Waals surface area contributed by atoms with Crippen LogP contribution in [-0.4, -0.2) is 22.0 Å². The molecule has 0 aliphatic heterocycles. The van der Waals surface area contributed by atoms with Crippen molar-refractivity contribution in [3.05, 3.63) is 40.1 Å². The number of amides is 2. The van der Waals surface area contributed by atoms with Crippen LogP contribution >= 0.6 is 11.3 Å². The van der Waals surface area contributed by atoms with E-state index >= 15 is 0 Å². The van der Waals surface area contributed by atoms with E-state index in [1.54, 1.807) is 6.07 Å². The van der Waals surface area contributed by atoms with Crippen LogP contribution < -0.4 is 10.6 Å². The summed E-state index contributed by atoms with van der Waals surface area (Å²) in [6.07, 6.45) is 5.20. The Hall–Kier alpha value is -2.35. The fraction of sp³-hybridized carbons (Fsp3) is 0.412. The summed E-state index contributed by atoms with van der Waals surface area (Å²) in [5, 5.41) is 13.9. The van der Waals surface area contributed by atoms with E-state index in [1.807, 2.05) is 0 Å². The second-order valence-electron chi connectivity index (χ2n) is 6.10. The fourth-order valence-electron chi connectivity index (χ4n) is 2.89. The Morgan fingerprint density at radius 1 is 1.24 bits per heavy atom. The van der Waals surface area contributed by atoms with Crippen LogP contribution in [0.3, 0.4) is 0 Å². The van der Waals surface area contributed by atoms with Gasteiger partial charge in [-0.15, -0.1) is 10.2 Å². The van der Waals surface area contributed by atoms with E-state index in [1.165, 1.54) is 31.0 Å². The first kappa shape index (κ1) is 17.5. The molecule has 0 unspecified atom stereocenters. The highest BCUT2D eigenvalue weighted by molar-refractivity contribution is 7.13. The van der Waals surface area contributed by atoms with Gasteiger partial charge < -0.3 is 10.6 Å². The second kappa shape index (κ2) is 8.15. The van der Waals surface area contributed by atoms with Crippen molar-refractivity contribution in [2.45, 2.75) is 38.6 Å². The Balaban J connectivity index is 1.49. The molecule has 3 rings (SSSR count). The summed E-state index contributed by atoms with van der Waals surface area (Å²) in [7, 11) is 0. The number of nitrogens with zero attached hydrogens (tertiary/aromatic N) is 2. The van der Waals surface area contributed by atoms with Gasteiger partial charge in [0.05, 0.1) is 6.54 Å². The molecule has 1 aromatic heterocycles. The largest absolute Gasteiger partial charge is 0.350 e. The number of benzene rings is 1. The minimum Gasteiger partial charge on any atom is -0.350 e. The molecular weight excluding hydrogens is 343 g/mol. The molecular formula is C17H19FN4O2S. The topological polar surface area (TPSA) is 84.0 Å². The van der Waals surface area contributed by atoms with Gasteiger partial charge in [-0.25, -0.2) is 4.39 Å². The van der Waals surface area contributed by atoms with Crippen LogP contribution in [-0.2, 0) is 11.3 Å². The number of carbonyl (C=O) groups excluding carboxylic acids is 2. The SMILES string of the molecule is O=C(CC1CCCC1)NCc1nnc(C(=O)Nc2cccc(F)c2)s1. The Bertz CT molecular complexity index is 759. The first-order chi connectivity index (χ1) is 12.1. The molecule has 1 aliphatic carbocycles. The Labute approximate surface area is 148 Å². The molecule has 1 fully saturated rings. The molecule has 2 amide bonds. The monoisotopic (exact) mass is 362 g/mol. The highest BCUT2D eigenvalue weighted by Crippen LogP contribution is 2.27. The third kappa shape index (κ3) is 5.06. The van der Waals surface area contributed by atoms with Gasteiger partial charge in [-0.3, -0.25) is 9.59 Å². The van der Waals surface area contributed by atoms with Crippen molar-refractivity contribution in [1.82, 2.24) is 15.5 Å². The van der Waals surface area contributed by atoms with Gasteiger partial charge in [0.2, 0.25) is 10.9 Å². The molecule has 1 aliphatic rings. The number of carbonyl (C=O) groups is 2. The maximum atomic E-state index is 13.1. The van der Waals surface area contributed by atoms with Crippen LogP contribution in [0.5, 0.6) is 0 Å². The van der Waals surface area contributed by atoms with Gasteiger partial charge in [-0.2, -0.15) is 0 Å². The van der Waals surface area contributed by atoms with Crippen LogP contribution in [0.2, 0.25) is 0 Å². The minimum absolute atomic E-state index is 0.00728. The van der Waals surface area contributed by atoms with Crippen molar-refractivity contribution in [2.24, 2.45) is 5.92 Å². The van der Waals surface area contributed by atoms with Gasteiger partial charge in [-0.05, 0) is 37.0 Å². The molecule has 0 bridgehead atoms. The number of aromatic nitrogens is 2. The van der Waals surface area contributed by atoms with Crippen LogP contribution in [0.25, 0.3) is 0 Å². The van der Waals surface area contributed by atoms with Crippen LogP contribution in [0.1, 0.15) is 46.9 Å². The molecule has 1 heterocycles. The molecule has 0 atom stereocenters. The number of hydrogen-bond acceptors (Lipinski definition) is 5. The zero-order valence-corrected chi connectivity index (χ0v) is 14.4. The zero-order chi connectivity index (χ0) is 17.6. The fourth-order valence-corrected chi connectivity index (χ4v) is 3.57. The first-order valence-electron chi connectivity index (χ1n) is 8.26. The first-order valence-corrected chi connectivity index (χ1v) is 9.08. The lowest BCUT2D eigenvalue weighted by Gasteiger charge is -2.08. The van der Waals surface area contributed by atoms with Crippen molar-refractivity contribution in [3.8, 4) is 0 Å². The molecule has 6 nitrogen and oxygen atoms in total. The molecule has 25 heavy (non-hydrogen) atoms. The standard InChI is InChI=1S/C17H19FN4O2S/c18-12-6-3-7-13(9-12)20-16(24)17-22-21-15(25-17)10-19-14(23)8-11-4-1-2-5-11/h3,6-7,9,11H,1-2,4-5,8,10H2,(H,19,23)(H,20,24). The molecule has 0 saturated heterocycles. The van der Waals surface area contributed by atoms with Crippen molar-refractivity contribution in [1.29, 1.82) is 0 Å². The quantitative estimate of drug-likeness (QED) is 0.827. The molecule has 2 N–H and O–H groups in total. The smallest absolute Gasteiger partial charge is 0.286 e. The van der Waals surface area contributed by atoms with E-state index in [0.29, 0.717) is 23.0 Å². The van der Waals surface area contributed by atoms with Crippen molar-refractivity contribution < 1.29 is 14.0 Å². The van der Waals surface area contributed by atoms with Crippen molar-refractivity contribution in [2.75, 3.05) is 5.32 Å². The highest BCUT2D eigenvalue weighted by Gasteiger charge is 2.19. The maximum absolute atomic E-state index is 13.1. The third-order valence-corrected chi connectivity index (χ3v) is 5.05. The van der Waals surface area contributed by atoms with Crippen molar-refractivity contribution in [3.63, 3.8) is 0 Å². The lowest BCUT2D eigenvalue weighted by Crippen LogP contribution is -2.24. The number of rotatable bonds is 6. The van der Waals surface area contributed by atoms with Crippen molar-refractivity contribution >= 4 is 28.8 Å². The van der Waals surface area contributed by atoms with E-state index in [-0.39, 0.29) is 17.5 Å². The Morgan fingerprint density at radius 2 is 2.04 bits per heavy atom. The van der Waals surface area contributed by atoms with E-state index in [9.17, 15) is 14.0 Å². The van der Waals surface area contributed by atoms with E-state index < -0.39 is 11.7 Å². The number of halogens is 1. The Morgan fingerprint density at radius 3 is 2.80 bits per heavy atom. The summed E-state index contributed by atoms with van der Waals surface area (Å²) in [6.45, 7) is 0.260. The zero-order valence-electron chi connectivity index (χ0n) is 13.6. The molecule has 0 spiro atoms. The van der Waals surface area contributed by atoms with Gasteiger partial charge in [0, 0.05) is 12.1 Å². The van der Waals surface area contributed by atoms with E-state index in [4.69, 9.17) is 0 Å². The Kier molecular flexibility index (Phi) is 5.70. The maximum Gasteiger partial charge on any atom is 0.286 e. The van der Waals surface area contributed by atoms with Gasteiger partial charge in [-0.1, -0.05) is 30.2 Å². The average Bonchev–Trinajstić information content (AvgIpc) is 3.24. The summed E-state index contributed by atoms with van der Waals surface area (Å²) in [6, 6.07) is 5.62. The summed E-state index contributed by atoms with van der Waals surface area (Å²) in [5.74, 6) is -0.387. The molecule has 1 aromatic carbocycles. The molecule has 0 radical (unpaired) electrons. The molecule has 1 saturated carbocycles. The predicted molar refractivity (Wildman–Crippen MR) is 92.7 cm³/mol. The third-order valence-electron chi connectivity index (χ3n) is 4.13. The summed E-state index contributed by atoms with van der Waals surface area (Å²) in [4.78, 5) is 24.0. The van der Waals surface area contributed by atoms with E-state index in [0.717, 1.165) is 24.2 Å². The molecule has 2 aromatic rings. The van der Waals surface area contributed by atoms with Gasteiger partial charge in [0.25, 0.3) is 5.91 Å². The summed E-state index contributed by atoms with van der Waals surface area (Å²) < 4.78 is 13.1. The highest BCUT2D eigenvalue weighted by atomic mass is 32.1. The number of anilines is 1. The average molecular weight is 362 g/mol. The number of hydrogen-bond donors (Lipinski definition) is 2. The van der Waals surface area contributed by atoms with Gasteiger partial charge in [0.1, 0.15) is 10.8 Å². The summed E-state index contributed by atoms with van der Waals surface area (Å²) >= 11 is 1.11. The van der Waals surface area contributed by atoms with Gasteiger partial charge in [0.15, 0.2) is 0 Å². The number of nitrogens with one attached hydrogen (secondary N) is 2. The van der Waals surface area contributed by atoms with E-state index in [2.05, 4.69) is 20.8 Å². The minimum atomic E-state index is -0.452. The molecule has 8 heteroatoms. The van der Waals surface area contributed by atoms with Crippen LogP contribution in [0, 0.1) is 11.7 Å². The normalized spacial score (nSPS) is 14.4. The summed E-state index contributed by atoms with van der Waals surface area (Å²) in [5.41, 5.74) is 0.353. The second-order valence-corrected chi connectivity index (χ2v) is 7.16. The predicted octanol–water partition coefficient (Wildman–Crippen LogP) is 3.13. The van der Waals surface area contributed by atoms with Gasteiger partial charge >= 0.3 is 0 Å². The molecule has 132 valence electrons. The lowest BCUT2D eigenvalue weighted by atomic mass is 10.0. The van der Waals surface area contributed by atoms with Crippen LogP contribution in [0.4, 0.5) is 10.1 Å². The van der Waals surface area contributed by atoms with Crippen LogP contribution in [0.15, 0.2) is 24.3 Å².